The number of hydrogen-bond acceptors (Lipinski definition) is 4. The molecule has 1 aliphatic rings. The molecule has 0 aliphatic heterocycles. The fourth-order valence-corrected chi connectivity index (χ4v) is 3.86. The third-order valence-electron chi connectivity index (χ3n) is 3.57. The lowest BCUT2D eigenvalue weighted by Gasteiger charge is -2.20. The highest BCUT2D eigenvalue weighted by molar-refractivity contribution is 14.1. The van der Waals surface area contributed by atoms with Gasteiger partial charge in [0.2, 0.25) is 11.6 Å². The summed E-state index contributed by atoms with van der Waals surface area (Å²) in [5, 5.41) is 0. The molecule has 0 atom stereocenters. The quantitative estimate of drug-likeness (QED) is 0.445. The number of methoxy groups -OCH3 is 2. The number of halogens is 2. The molecule has 2 aromatic carbocycles. The van der Waals surface area contributed by atoms with Gasteiger partial charge in [0.1, 0.15) is 11.5 Å². The first-order chi connectivity index (χ1) is 10.5. The minimum absolute atomic E-state index is 0.408. The lowest BCUT2D eigenvalue weighted by Crippen LogP contribution is -2.22. The lowest BCUT2D eigenvalue weighted by molar-refractivity contribution is 0.0815. The monoisotopic (exact) mass is 520 g/mol. The molecule has 2 aromatic rings. The maximum absolute atomic E-state index is 12.4. The van der Waals surface area contributed by atoms with Gasteiger partial charge in [-0.05, 0) is 80.6 Å². The molecule has 1 aliphatic carbocycles. The summed E-state index contributed by atoms with van der Waals surface area (Å²) in [5.74, 6) is 0.378. The third-order valence-corrected chi connectivity index (χ3v) is 5.26. The number of fused-ring (bicyclic) bond motifs is 3. The van der Waals surface area contributed by atoms with Crippen molar-refractivity contribution < 1.29 is 19.1 Å². The number of hydrogen-bond donors (Lipinski definition) is 0. The van der Waals surface area contributed by atoms with Gasteiger partial charge in [-0.15, -0.1) is 0 Å². The standard InChI is InChI=1S/C16H10I2O4/c1-21-13-5-7-8-6-14(22-2)12(18)4-10(8)16(20)15(19)9(7)3-11(13)17/h3-6H,1-2H3. The van der Waals surface area contributed by atoms with Crippen LogP contribution < -0.4 is 9.47 Å². The fourth-order valence-electron chi connectivity index (χ4n) is 2.49. The Labute approximate surface area is 154 Å². The van der Waals surface area contributed by atoms with Crippen LogP contribution in [0.25, 0.3) is 11.1 Å². The van der Waals surface area contributed by atoms with Gasteiger partial charge in [-0.25, -0.2) is 0 Å². The molecule has 0 saturated heterocycles. The molecule has 0 fully saturated rings. The van der Waals surface area contributed by atoms with E-state index in [4.69, 9.17) is 9.47 Å². The summed E-state index contributed by atoms with van der Waals surface area (Å²) in [6, 6.07) is 6.99. The number of benzene rings is 2. The predicted molar refractivity (Wildman–Crippen MR) is 99.1 cm³/mol. The highest BCUT2D eigenvalue weighted by atomic mass is 127. The highest BCUT2D eigenvalue weighted by Gasteiger charge is 2.32. The van der Waals surface area contributed by atoms with Crippen LogP contribution in [0.2, 0.25) is 0 Å². The Kier molecular flexibility index (Phi) is 4.15. The number of carbonyl (C=O) groups excluding carboxylic acids is 2. The van der Waals surface area contributed by atoms with E-state index in [1.54, 1.807) is 38.5 Å². The van der Waals surface area contributed by atoms with E-state index in [0.717, 1.165) is 7.14 Å². The highest BCUT2D eigenvalue weighted by Crippen LogP contribution is 2.40. The van der Waals surface area contributed by atoms with Crippen molar-refractivity contribution in [3.63, 3.8) is 0 Å². The topological polar surface area (TPSA) is 52.6 Å². The zero-order valence-corrected chi connectivity index (χ0v) is 16.0. The fraction of sp³-hybridized carbons (Fsp3) is 0.125. The Bertz CT molecular complexity index is 758. The van der Waals surface area contributed by atoms with Crippen LogP contribution in [0.1, 0.15) is 20.7 Å². The molecule has 0 aromatic heterocycles. The lowest BCUT2D eigenvalue weighted by atomic mass is 9.83. The summed E-state index contributed by atoms with van der Waals surface area (Å²) < 4.78 is 12.2. The van der Waals surface area contributed by atoms with Gasteiger partial charge in [0.15, 0.2) is 0 Å². The van der Waals surface area contributed by atoms with Crippen LogP contribution in [0.4, 0.5) is 0 Å². The number of Topliss-reactive ketones (excluding diaryl/α,β-unsaturated/α-hetero) is 2. The van der Waals surface area contributed by atoms with Crippen LogP contribution in [-0.2, 0) is 0 Å². The Morgan fingerprint density at radius 2 is 1.05 bits per heavy atom. The molecule has 0 radical (unpaired) electrons. The van der Waals surface area contributed by atoms with Crippen molar-refractivity contribution >= 4 is 56.7 Å². The van der Waals surface area contributed by atoms with E-state index in [9.17, 15) is 9.59 Å². The van der Waals surface area contributed by atoms with Gasteiger partial charge in [-0.3, -0.25) is 9.59 Å². The smallest absolute Gasteiger partial charge is 0.234 e. The van der Waals surface area contributed by atoms with Crippen LogP contribution in [0.15, 0.2) is 24.3 Å². The van der Waals surface area contributed by atoms with Gasteiger partial charge in [0.05, 0.1) is 21.4 Å². The summed E-state index contributed by atoms with van der Waals surface area (Å²) in [5.41, 5.74) is 2.22. The Balaban J connectivity index is 2.37. The van der Waals surface area contributed by atoms with Crippen molar-refractivity contribution in [3.8, 4) is 22.6 Å². The first kappa shape index (κ1) is 15.7. The first-order valence-corrected chi connectivity index (χ1v) is 8.48. The molecule has 0 bridgehead atoms. The molecule has 0 N–H and O–H groups in total. The molecule has 0 amide bonds. The Morgan fingerprint density at radius 3 is 1.36 bits per heavy atom. The van der Waals surface area contributed by atoms with E-state index < -0.39 is 11.6 Å². The van der Waals surface area contributed by atoms with Gasteiger partial charge >= 0.3 is 0 Å². The number of ketones is 2. The van der Waals surface area contributed by atoms with Crippen LogP contribution in [-0.4, -0.2) is 25.8 Å². The van der Waals surface area contributed by atoms with E-state index in [1.807, 2.05) is 0 Å². The number of carbonyl (C=O) groups is 2. The van der Waals surface area contributed by atoms with Crippen LogP contribution in [0.5, 0.6) is 11.5 Å². The average Bonchev–Trinajstić information content (AvgIpc) is 2.52. The zero-order valence-electron chi connectivity index (χ0n) is 11.7. The number of rotatable bonds is 2. The minimum Gasteiger partial charge on any atom is -0.496 e. The summed E-state index contributed by atoms with van der Waals surface area (Å²) in [7, 11) is 3.16. The summed E-state index contributed by atoms with van der Waals surface area (Å²) in [6.07, 6.45) is 0. The molecular formula is C16H10I2O4. The maximum atomic E-state index is 12.4. The van der Waals surface area contributed by atoms with Crippen LogP contribution in [0, 0.1) is 7.14 Å². The first-order valence-electron chi connectivity index (χ1n) is 6.32. The van der Waals surface area contributed by atoms with Crippen molar-refractivity contribution in [2.75, 3.05) is 14.2 Å². The molecule has 112 valence electrons. The predicted octanol–water partition coefficient (Wildman–Crippen LogP) is 3.96. The largest absolute Gasteiger partial charge is 0.496 e. The molecule has 3 rings (SSSR count). The van der Waals surface area contributed by atoms with Gasteiger partial charge < -0.3 is 9.47 Å². The van der Waals surface area contributed by atoms with Crippen molar-refractivity contribution in [2.24, 2.45) is 0 Å². The minimum atomic E-state index is -0.482. The molecule has 6 heteroatoms. The van der Waals surface area contributed by atoms with Crippen molar-refractivity contribution in [1.29, 1.82) is 0 Å². The van der Waals surface area contributed by atoms with E-state index >= 15 is 0 Å². The molecule has 0 spiro atoms. The van der Waals surface area contributed by atoms with Crippen molar-refractivity contribution in [3.05, 3.63) is 42.5 Å². The average molecular weight is 520 g/mol. The van der Waals surface area contributed by atoms with Crippen LogP contribution >= 0.6 is 45.2 Å². The molecule has 0 saturated carbocycles. The van der Waals surface area contributed by atoms with E-state index in [1.165, 1.54) is 0 Å². The van der Waals surface area contributed by atoms with Gasteiger partial charge in [0.25, 0.3) is 0 Å². The van der Waals surface area contributed by atoms with Gasteiger partial charge in [-0.2, -0.15) is 0 Å². The molecule has 0 heterocycles. The van der Waals surface area contributed by atoms with Gasteiger partial charge in [-0.1, -0.05) is 0 Å². The third kappa shape index (κ3) is 2.32. The second kappa shape index (κ2) is 5.80. The summed E-state index contributed by atoms with van der Waals surface area (Å²) in [6.45, 7) is 0. The molecule has 0 unspecified atom stereocenters. The summed E-state index contributed by atoms with van der Waals surface area (Å²) >= 11 is 4.18. The second-order valence-electron chi connectivity index (χ2n) is 4.72. The number of ether oxygens (including phenoxy) is 2. The SMILES string of the molecule is COc1cc2c(cc1I)C(=O)C(=O)c1cc(I)c(OC)cc1-2. The van der Waals surface area contributed by atoms with Crippen molar-refractivity contribution in [1.82, 2.24) is 0 Å². The van der Waals surface area contributed by atoms with Gasteiger partial charge in [0, 0.05) is 11.1 Å². The second-order valence-corrected chi connectivity index (χ2v) is 7.05. The van der Waals surface area contributed by atoms with Crippen LogP contribution in [0.3, 0.4) is 0 Å². The van der Waals surface area contributed by atoms with E-state index in [-0.39, 0.29) is 0 Å². The van der Waals surface area contributed by atoms with Crippen molar-refractivity contribution in [2.45, 2.75) is 0 Å². The van der Waals surface area contributed by atoms with E-state index in [2.05, 4.69) is 45.2 Å². The molecule has 4 nitrogen and oxygen atoms in total. The Morgan fingerprint density at radius 1 is 0.682 bits per heavy atom. The van der Waals surface area contributed by atoms with E-state index in [0.29, 0.717) is 33.8 Å². The maximum Gasteiger partial charge on any atom is 0.234 e. The normalized spacial score (nSPS) is 12.7. The summed E-state index contributed by atoms with van der Waals surface area (Å²) in [4.78, 5) is 24.7. The zero-order chi connectivity index (χ0) is 16.0. The Hall–Kier alpha value is -1.16. The molecule has 22 heavy (non-hydrogen) atoms. The molecular weight excluding hydrogens is 510 g/mol.